The van der Waals surface area contributed by atoms with Crippen LogP contribution >= 0.6 is 7.60 Å². The molecule has 2 heterocycles. The van der Waals surface area contributed by atoms with E-state index in [1.165, 1.54) is 21.3 Å². The molecule has 0 bridgehead atoms. The Morgan fingerprint density at radius 1 is 0.974 bits per heavy atom. The van der Waals surface area contributed by atoms with E-state index in [1.54, 1.807) is 45.0 Å². The first kappa shape index (κ1) is 28.7. The van der Waals surface area contributed by atoms with E-state index in [0.717, 1.165) is 15.2 Å². The molecule has 0 N–H and O–H groups in total. The van der Waals surface area contributed by atoms with Crippen molar-refractivity contribution in [3.8, 4) is 0 Å². The van der Waals surface area contributed by atoms with Gasteiger partial charge in [-0.15, -0.1) is 0 Å². The van der Waals surface area contributed by atoms with Gasteiger partial charge in [0.1, 0.15) is 17.4 Å². The standard InChI is InChI=1S/C27H33N2O9P/c1-27(2,3)38-26(33)29-20(25(32)35-4)15-17(24(29)39(34,36-5)37-6)13-14-28-22(30)18-11-7-9-16-10-8-12-19(21(16)18)23(28)31/h7-12,17,20,24H,13-15H2,1-6H3/t17-,20+,24-/m1/s1. The molecule has 11 nitrogen and oxygen atoms in total. The van der Waals surface area contributed by atoms with Gasteiger partial charge in [-0.25, -0.2) is 9.59 Å². The molecule has 0 radical (unpaired) electrons. The summed E-state index contributed by atoms with van der Waals surface area (Å²) in [5.41, 5.74) is -0.0909. The summed E-state index contributed by atoms with van der Waals surface area (Å²) in [5, 5.41) is 1.40. The predicted octanol–water partition coefficient (Wildman–Crippen LogP) is 4.44. The zero-order valence-corrected chi connectivity index (χ0v) is 23.7. The maximum atomic E-state index is 13.8. The van der Waals surface area contributed by atoms with Gasteiger partial charge in [-0.05, 0) is 57.0 Å². The fourth-order valence-electron chi connectivity index (χ4n) is 5.38. The van der Waals surface area contributed by atoms with Gasteiger partial charge in [0.25, 0.3) is 11.8 Å². The number of rotatable bonds is 7. The number of hydrogen-bond acceptors (Lipinski definition) is 9. The van der Waals surface area contributed by atoms with Crippen LogP contribution < -0.4 is 0 Å². The Morgan fingerprint density at radius 3 is 2.03 bits per heavy atom. The summed E-state index contributed by atoms with van der Waals surface area (Å²) in [6.07, 6.45) is -0.732. The zero-order valence-electron chi connectivity index (χ0n) is 22.8. The van der Waals surface area contributed by atoms with Crippen molar-refractivity contribution in [2.75, 3.05) is 27.9 Å². The summed E-state index contributed by atoms with van der Waals surface area (Å²) in [4.78, 5) is 55.1. The molecule has 0 unspecified atom stereocenters. The summed E-state index contributed by atoms with van der Waals surface area (Å²) >= 11 is 0. The zero-order chi connectivity index (χ0) is 28.7. The van der Waals surface area contributed by atoms with Gasteiger partial charge in [0.15, 0.2) is 0 Å². The highest BCUT2D eigenvalue weighted by molar-refractivity contribution is 7.54. The Hall–Kier alpha value is -3.27. The second-order valence-corrected chi connectivity index (χ2v) is 12.8. The lowest BCUT2D eigenvalue weighted by atomic mass is 9.93. The van der Waals surface area contributed by atoms with Crippen molar-refractivity contribution in [2.45, 2.75) is 51.0 Å². The van der Waals surface area contributed by atoms with Gasteiger partial charge in [0, 0.05) is 37.3 Å². The minimum Gasteiger partial charge on any atom is -0.467 e. The lowest BCUT2D eigenvalue weighted by Crippen LogP contribution is -2.48. The molecule has 210 valence electrons. The largest absolute Gasteiger partial charge is 0.467 e. The Labute approximate surface area is 226 Å². The number of ether oxygens (including phenoxy) is 2. The highest BCUT2D eigenvalue weighted by Gasteiger charge is 2.57. The molecular weight excluding hydrogens is 527 g/mol. The lowest BCUT2D eigenvalue weighted by molar-refractivity contribution is -0.145. The van der Waals surface area contributed by atoms with Gasteiger partial charge in [0.2, 0.25) is 0 Å². The average Bonchev–Trinajstić information content (AvgIpc) is 3.30. The Bertz CT molecular complexity index is 1310. The Morgan fingerprint density at radius 2 is 1.54 bits per heavy atom. The molecule has 39 heavy (non-hydrogen) atoms. The van der Waals surface area contributed by atoms with E-state index in [1.807, 2.05) is 12.1 Å². The number of likely N-dealkylation sites (tertiary alicyclic amines) is 1. The van der Waals surface area contributed by atoms with Gasteiger partial charge in [0.05, 0.1) is 7.11 Å². The number of imide groups is 1. The summed E-state index contributed by atoms with van der Waals surface area (Å²) in [6, 6.07) is 9.41. The third-order valence-corrected chi connectivity index (χ3v) is 9.39. The molecule has 1 fully saturated rings. The Kier molecular flexibility index (Phi) is 7.89. The predicted molar refractivity (Wildman–Crippen MR) is 141 cm³/mol. The topological polar surface area (TPSA) is 129 Å². The molecule has 0 aliphatic carbocycles. The van der Waals surface area contributed by atoms with Crippen LogP contribution in [0.5, 0.6) is 0 Å². The van der Waals surface area contributed by atoms with Crippen molar-refractivity contribution < 1.29 is 42.3 Å². The molecule has 0 saturated carbocycles. The van der Waals surface area contributed by atoms with E-state index in [0.29, 0.717) is 16.5 Å². The molecule has 2 aromatic carbocycles. The van der Waals surface area contributed by atoms with E-state index in [-0.39, 0.29) is 19.4 Å². The van der Waals surface area contributed by atoms with Gasteiger partial charge in [-0.2, -0.15) is 0 Å². The van der Waals surface area contributed by atoms with Crippen molar-refractivity contribution in [1.82, 2.24) is 9.80 Å². The molecule has 1 saturated heterocycles. The highest BCUT2D eigenvalue weighted by Crippen LogP contribution is 2.60. The van der Waals surface area contributed by atoms with Crippen LogP contribution in [0.1, 0.15) is 54.3 Å². The molecule has 3 amide bonds. The number of methoxy groups -OCH3 is 1. The molecule has 0 aromatic heterocycles. The summed E-state index contributed by atoms with van der Waals surface area (Å²) in [6.45, 7) is 4.95. The normalized spacial score (nSPS) is 21.4. The van der Waals surface area contributed by atoms with Crippen LogP contribution in [0.15, 0.2) is 36.4 Å². The van der Waals surface area contributed by atoms with Crippen LogP contribution in [-0.4, -0.2) is 79.0 Å². The quantitative estimate of drug-likeness (QED) is 0.274. The first-order valence-electron chi connectivity index (χ1n) is 12.5. The van der Waals surface area contributed by atoms with Crippen LogP contribution in [0.25, 0.3) is 10.8 Å². The fourth-order valence-corrected chi connectivity index (χ4v) is 7.30. The molecule has 4 rings (SSSR count). The van der Waals surface area contributed by atoms with Crippen LogP contribution in [0.2, 0.25) is 0 Å². The van der Waals surface area contributed by atoms with E-state index >= 15 is 0 Å². The van der Waals surface area contributed by atoms with Gasteiger partial charge >= 0.3 is 19.7 Å². The lowest BCUT2D eigenvalue weighted by Gasteiger charge is -2.35. The van der Waals surface area contributed by atoms with Gasteiger partial charge < -0.3 is 18.5 Å². The van der Waals surface area contributed by atoms with Crippen LogP contribution in [0.4, 0.5) is 4.79 Å². The second-order valence-electron chi connectivity index (χ2n) is 10.5. The first-order valence-corrected chi connectivity index (χ1v) is 14.2. The van der Waals surface area contributed by atoms with Crippen LogP contribution in [0.3, 0.4) is 0 Å². The molecule has 2 aliphatic rings. The summed E-state index contributed by atoms with van der Waals surface area (Å²) in [5.74, 6) is -3.51. The molecule has 12 heteroatoms. The van der Waals surface area contributed by atoms with Crippen molar-refractivity contribution in [3.05, 3.63) is 47.5 Å². The number of carbonyl (C=O) groups excluding carboxylic acids is 4. The van der Waals surface area contributed by atoms with Crippen molar-refractivity contribution in [2.24, 2.45) is 5.92 Å². The number of esters is 1. The SMILES string of the molecule is COC(=O)[C@@H]1C[C@@H](CCN2C(=O)c3cccc4cccc(c34)C2=O)[C@@H](P(=O)(OC)OC)N1C(=O)OC(C)(C)C. The average molecular weight is 561 g/mol. The third-order valence-electron chi connectivity index (χ3n) is 7.06. The first-order chi connectivity index (χ1) is 18.4. The minimum absolute atomic E-state index is 0.0374. The molecule has 0 spiro atoms. The molecule has 2 aromatic rings. The van der Waals surface area contributed by atoms with Crippen LogP contribution in [0, 0.1) is 5.92 Å². The maximum absolute atomic E-state index is 13.8. The number of carbonyl (C=O) groups is 4. The van der Waals surface area contributed by atoms with Crippen molar-refractivity contribution in [1.29, 1.82) is 0 Å². The summed E-state index contributed by atoms with van der Waals surface area (Å²) < 4.78 is 34.8. The van der Waals surface area contributed by atoms with Crippen LogP contribution in [-0.2, 0) is 27.9 Å². The number of hydrogen-bond donors (Lipinski definition) is 0. The fraction of sp³-hybridized carbons (Fsp3) is 0.481. The van der Waals surface area contributed by atoms with Crippen molar-refractivity contribution >= 4 is 42.2 Å². The number of benzene rings is 2. The van der Waals surface area contributed by atoms with E-state index in [4.69, 9.17) is 18.5 Å². The smallest absolute Gasteiger partial charge is 0.411 e. The minimum atomic E-state index is -4.01. The number of nitrogens with zero attached hydrogens (tertiary/aromatic N) is 2. The maximum Gasteiger partial charge on any atom is 0.411 e. The van der Waals surface area contributed by atoms with Gasteiger partial charge in [-0.3, -0.25) is 24.0 Å². The molecule has 2 aliphatic heterocycles. The monoisotopic (exact) mass is 560 g/mol. The summed E-state index contributed by atoms with van der Waals surface area (Å²) in [7, 11) is -0.441. The van der Waals surface area contributed by atoms with Crippen molar-refractivity contribution in [3.63, 3.8) is 0 Å². The van der Waals surface area contributed by atoms with E-state index in [2.05, 4.69) is 0 Å². The Balaban J connectivity index is 1.68. The molecule has 3 atom stereocenters. The van der Waals surface area contributed by atoms with Gasteiger partial charge in [-0.1, -0.05) is 24.3 Å². The van der Waals surface area contributed by atoms with E-state index < -0.39 is 54.8 Å². The third kappa shape index (κ3) is 5.18. The van der Waals surface area contributed by atoms with E-state index in [9.17, 15) is 23.7 Å². The number of amides is 3. The highest BCUT2D eigenvalue weighted by atomic mass is 31.2. The molecular formula is C27H33N2O9P. The second kappa shape index (κ2) is 10.7.